The number of nitrogens with zero attached hydrogens (tertiary/aromatic N) is 4. The number of phenolic OH excluding ortho intramolecular Hbond substituents is 2. The molecule has 0 aliphatic carbocycles. The number of amides is 5. The van der Waals surface area contributed by atoms with Crippen molar-refractivity contribution in [1.82, 2.24) is 19.2 Å². The van der Waals surface area contributed by atoms with Crippen LogP contribution in [0.4, 0.5) is 11.4 Å². The van der Waals surface area contributed by atoms with Crippen LogP contribution in [-0.2, 0) is 47.6 Å². The maximum absolute atomic E-state index is 12.3. The van der Waals surface area contributed by atoms with E-state index in [4.69, 9.17) is 0 Å². The smallest absolute Gasteiger partial charge is 0.326 e. The Bertz CT molecular complexity index is 2190. The second kappa shape index (κ2) is 15.7. The van der Waals surface area contributed by atoms with Crippen LogP contribution in [0.5, 0.6) is 11.5 Å². The van der Waals surface area contributed by atoms with E-state index in [-0.39, 0.29) is 66.1 Å². The second-order valence-corrected chi connectivity index (χ2v) is 16.3. The fourth-order valence-electron chi connectivity index (χ4n) is 5.95. The molecule has 0 spiro atoms. The molecule has 3 aliphatic heterocycles. The van der Waals surface area contributed by atoms with Gasteiger partial charge < -0.3 is 15.1 Å². The lowest BCUT2D eigenvalue weighted by atomic mass is 10.1. The van der Waals surface area contributed by atoms with Crippen LogP contribution in [0.3, 0.4) is 0 Å². The summed E-state index contributed by atoms with van der Waals surface area (Å²) in [6, 6.07) is 15.9. The summed E-state index contributed by atoms with van der Waals surface area (Å²) in [5, 5.41) is 20.3. The molecule has 3 aromatic rings. The molecule has 5 amide bonds. The zero-order valence-corrected chi connectivity index (χ0v) is 31.3. The first kappa shape index (κ1) is 39.5. The third-order valence-corrected chi connectivity index (χ3v) is 11.8. The predicted octanol–water partition coefficient (Wildman–Crippen LogP) is 1.56. The van der Waals surface area contributed by atoms with Gasteiger partial charge in [-0.3, -0.25) is 28.9 Å². The normalized spacial score (nSPS) is 16.9. The predicted molar refractivity (Wildman–Crippen MR) is 196 cm³/mol. The summed E-state index contributed by atoms with van der Waals surface area (Å²) in [6.07, 6.45) is 2.53. The topological polar surface area (TPSA) is 231 Å². The lowest BCUT2D eigenvalue weighted by Crippen LogP contribution is -2.33. The molecule has 2 fully saturated rings. The lowest BCUT2D eigenvalue weighted by Gasteiger charge is -2.21. The van der Waals surface area contributed by atoms with E-state index in [9.17, 15) is 51.0 Å². The van der Waals surface area contributed by atoms with Gasteiger partial charge in [0, 0.05) is 26.1 Å². The van der Waals surface area contributed by atoms with Crippen molar-refractivity contribution in [2.24, 2.45) is 0 Å². The largest absolute Gasteiger partial charge is 0.506 e. The summed E-state index contributed by atoms with van der Waals surface area (Å²) >= 11 is 0. The van der Waals surface area contributed by atoms with E-state index in [1.54, 1.807) is 48.3 Å². The molecule has 17 nitrogen and oxygen atoms in total. The highest BCUT2D eigenvalue weighted by Crippen LogP contribution is 2.33. The van der Waals surface area contributed by atoms with E-state index in [1.165, 1.54) is 29.2 Å². The zero-order valence-electron chi connectivity index (χ0n) is 29.7. The minimum atomic E-state index is -3.98. The van der Waals surface area contributed by atoms with Crippen molar-refractivity contribution in [2.75, 3.05) is 35.3 Å². The Balaban J connectivity index is 0.000000213. The number of aryl methyl sites for hydroxylation is 2. The third-order valence-electron chi connectivity index (χ3n) is 9.03. The van der Waals surface area contributed by atoms with E-state index in [2.05, 4.69) is 0 Å². The molecule has 19 heteroatoms. The molecule has 6 rings (SSSR count). The van der Waals surface area contributed by atoms with Crippen LogP contribution < -0.4 is 18.1 Å². The van der Waals surface area contributed by atoms with E-state index in [1.807, 2.05) is 23.3 Å². The third kappa shape index (κ3) is 8.57. The Labute approximate surface area is 312 Å². The number of hydrogen-bond acceptors (Lipinski definition) is 11. The van der Waals surface area contributed by atoms with Gasteiger partial charge in [0.2, 0.25) is 5.91 Å². The van der Waals surface area contributed by atoms with Crippen LogP contribution in [0, 0.1) is 0 Å². The van der Waals surface area contributed by atoms with Crippen molar-refractivity contribution in [3.63, 3.8) is 0 Å². The number of carbonyl (C=O) groups excluding carboxylic acids is 5. The van der Waals surface area contributed by atoms with Gasteiger partial charge >= 0.3 is 20.4 Å². The maximum Gasteiger partial charge on any atom is 0.326 e. The molecule has 4 N–H and O–H groups in total. The van der Waals surface area contributed by atoms with E-state index in [0.29, 0.717) is 48.9 Å². The van der Waals surface area contributed by atoms with Gasteiger partial charge in [-0.15, -0.1) is 0 Å². The highest BCUT2D eigenvalue weighted by Gasteiger charge is 2.37. The molecule has 3 aliphatic rings. The van der Waals surface area contributed by atoms with Gasteiger partial charge in [-0.05, 0) is 87.1 Å². The van der Waals surface area contributed by atoms with Crippen molar-refractivity contribution in [2.45, 2.75) is 52.0 Å². The number of aromatic hydroxyl groups is 2. The van der Waals surface area contributed by atoms with Crippen LogP contribution >= 0.6 is 0 Å². The Kier molecular flexibility index (Phi) is 11.5. The number of hydrogen-bond donors (Lipinski definition) is 4. The molecule has 54 heavy (non-hydrogen) atoms. The molecule has 3 aromatic carbocycles. The van der Waals surface area contributed by atoms with Gasteiger partial charge in [-0.1, -0.05) is 24.3 Å². The number of rotatable bonds is 11. The molecule has 0 atom stereocenters. The molecule has 0 radical (unpaired) electrons. The molecule has 0 unspecified atom stereocenters. The number of fused-ring (bicyclic) bond motifs is 1. The van der Waals surface area contributed by atoms with Crippen LogP contribution in [0.2, 0.25) is 0 Å². The Hall–Kier alpha value is -5.69. The first-order valence-corrected chi connectivity index (χ1v) is 19.8. The summed E-state index contributed by atoms with van der Waals surface area (Å²) in [4.78, 5) is 62.2. The van der Waals surface area contributed by atoms with Crippen molar-refractivity contribution in [1.29, 1.82) is 0 Å². The first-order valence-electron chi connectivity index (χ1n) is 16.9. The number of anilines is 2. The minimum absolute atomic E-state index is 0.00881. The lowest BCUT2D eigenvalue weighted by molar-refractivity contribution is -0.131. The van der Waals surface area contributed by atoms with Crippen molar-refractivity contribution >= 4 is 61.3 Å². The van der Waals surface area contributed by atoms with Crippen LogP contribution in [0.15, 0.2) is 60.7 Å². The average molecular weight is 785 g/mol. The Morgan fingerprint density at radius 3 is 1.61 bits per heavy atom. The van der Waals surface area contributed by atoms with Crippen LogP contribution in [-0.4, -0.2) is 99.1 Å². The Morgan fingerprint density at radius 1 is 0.741 bits per heavy atom. The number of imide groups is 1. The maximum atomic E-state index is 12.3. The minimum Gasteiger partial charge on any atom is -0.506 e. The average Bonchev–Trinajstić information content (AvgIpc) is 3.65. The highest BCUT2D eigenvalue weighted by atomic mass is 32.2. The number of carbonyl (C=O) groups is 5. The quantitative estimate of drug-likeness (QED) is 0.161. The zero-order chi connectivity index (χ0) is 39.5. The highest BCUT2D eigenvalue weighted by molar-refractivity contribution is 7.92. The molecule has 2 saturated heterocycles. The van der Waals surface area contributed by atoms with Crippen molar-refractivity contribution in [3.8, 4) is 11.5 Å². The summed E-state index contributed by atoms with van der Waals surface area (Å²) in [6.45, 7) is 3.40. The molecule has 3 heterocycles. The van der Waals surface area contributed by atoms with Crippen LogP contribution in [0.1, 0.15) is 65.0 Å². The van der Waals surface area contributed by atoms with E-state index in [0.717, 1.165) is 14.2 Å². The van der Waals surface area contributed by atoms with Crippen molar-refractivity contribution < 1.29 is 51.0 Å². The van der Waals surface area contributed by atoms with Gasteiger partial charge in [-0.25, -0.2) is 18.1 Å². The van der Waals surface area contributed by atoms with Gasteiger partial charge in [0.25, 0.3) is 23.6 Å². The van der Waals surface area contributed by atoms with Crippen LogP contribution in [0.25, 0.3) is 0 Å². The molecular formula is C35H40N6O11S2. The molecular weight excluding hydrogens is 745 g/mol. The van der Waals surface area contributed by atoms with Crippen molar-refractivity contribution in [3.05, 3.63) is 82.9 Å². The standard InChI is InChI=1S/C20H19N3O6S.C15H21N3O5S/c24-17-11-13(8-9-16(17)23-12-18(25)21-30(23,28)29)5-3-4-10-22-19(26)14-6-1-2-7-15(14)20(22)27;1-10(2)17(3)15(21)7-5-11-4-6-12(13(19)8-11)18-9-14(20)16-24(18,22)23/h1-2,6-9,11,24H,3-5,10,12H2,(H,21,25);4,6,8,10,19H,5,7,9H2,1-3H3,(H,16,20). The van der Waals surface area contributed by atoms with Gasteiger partial charge in [0.1, 0.15) is 24.6 Å². The Morgan fingerprint density at radius 2 is 1.20 bits per heavy atom. The summed E-state index contributed by atoms with van der Waals surface area (Å²) < 4.78 is 52.7. The number of nitrogens with one attached hydrogen (secondary N) is 2. The molecule has 0 saturated carbocycles. The fourth-order valence-corrected chi connectivity index (χ4v) is 8.28. The second-order valence-electron chi connectivity index (χ2n) is 13.1. The molecule has 0 bridgehead atoms. The number of unbranched alkanes of at least 4 members (excludes halogenated alkanes) is 1. The summed E-state index contributed by atoms with van der Waals surface area (Å²) in [7, 11) is -6.21. The number of phenols is 2. The van der Waals surface area contributed by atoms with E-state index < -0.39 is 32.2 Å². The number of benzene rings is 3. The molecule has 0 aromatic heterocycles. The molecule has 288 valence electrons. The fraction of sp³-hybridized carbons (Fsp3) is 0.343. The van der Waals surface area contributed by atoms with Gasteiger partial charge in [0.05, 0.1) is 22.5 Å². The monoisotopic (exact) mass is 784 g/mol. The first-order chi connectivity index (χ1) is 25.4. The van der Waals surface area contributed by atoms with Gasteiger partial charge in [-0.2, -0.15) is 16.8 Å². The SMILES string of the molecule is CC(C)N(C)C(=O)CCc1ccc(N2CC(=O)NS2(=O)=O)c(O)c1.O=C1CN(c2ccc(CCCCN3C(=O)c4ccccc4C3=O)cc2O)S(=O)(=O)N1. The summed E-state index contributed by atoms with van der Waals surface area (Å²) in [5.74, 6) is -2.39. The van der Waals surface area contributed by atoms with E-state index >= 15 is 0 Å². The summed E-state index contributed by atoms with van der Waals surface area (Å²) in [5.41, 5.74) is 2.39. The van der Waals surface area contributed by atoms with Gasteiger partial charge in [0.15, 0.2) is 0 Å².